The van der Waals surface area contributed by atoms with Crippen LogP contribution in [0.5, 0.6) is 0 Å². The normalized spacial score (nSPS) is 13.0. The van der Waals surface area contributed by atoms with Crippen LogP contribution in [-0.2, 0) is 10.9 Å². The number of methoxy groups -OCH3 is 1. The molecule has 23 heavy (non-hydrogen) atoms. The number of nitrogens with zero attached hydrogens (tertiary/aromatic N) is 2. The number of alkyl halides is 3. The van der Waals surface area contributed by atoms with Crippen LogP contribution in [0.4, 0.5) is 19.0 Å². The van der Waals surface area contributed by atoms with Crippen LogP contribution in [0.25, 0.3) is 0 Å². The van der Waals surface area contributed by atoms with Crippen molar-refractivity contribution < 1.29 is 22.7 Å². The molecule has 2 aromatic heterocycles. The quantitative estimate of drug-likeness (QED) is 0.915. The lowest BCUT2D eigenvalue weighted by Crippen LogP contribution is -2.14. The number of carbonyl (C=O) groups is 1. The highest BCUT2D eigenvalue weighted by Gasteiger charge is 2.33. The van der Waals surface area contributed by atoms with Gasteiger partial charge in [0.15, 0.2) is 0 Å². The summed E-state index contributed by atoms with van der Waals surface area (Å²) in [6.45, 7) is 3.08. The molecule has 5 nitrogen and oxygen atoms in total. The van der Waals surface area contributed by atoms with E-state index in [-0.39, 0.29) is 22.4 Å². The van der Waals surface area contributed by atoms with Gasteiger partial charge in [-0.15, -0.1) is 11.3 Å². The zero-order chi connectivity index (χ0) is 17.2. The Morgan fingerprint density at radius 2 is 2.04 bits per heavy atom. The predicted octanol–water partition coefficient (Wildman–Crippen LogP) is 3.83. The Hall–Kier alpha value is -2.00. The summed E-state index contributed by atoms with van der Waals surface area (Å²) in [5.41, 5.74) is -0.842. The summed E-state index contributed by atoms with van der Waals surface area (Å²) < 4.78 is 43.7. The van der Waals surface area contributed by atoms with Gasteiger partial charge in [0.2, 0.25) is 0 Å². The molecule has 2 rings (SSSR count). The molecule has 0 aliphatic heterocycles. The Labute approximate surface area is 134 Å². The van der Waals surface area contributed by atoms with Crippen LogP contribution in [0.15, 0.2) is 18.5 Å². The van der Waals surface area contributed by atoms with Gasteiger partial charge in [0, 0.05) is 13.3 Å². The van der Waals surface area contributed by atoms with Crippen molar-refractivity contribution in [3.63, 3.8) is 0 Å². The van der Waals surface area contributed by atoms with Gasteiger partial charge in [-0.2, -0.15) is 13.2 Å². The fourth-order valence-corrected chi connectivity index (χ4v) is 2.60. The van der Waals surface area contributed by atoms with Crippen LogP contribution < -0.4 is 5.32 Å². The number of anilines is 1. The van der Waals surface area contributed by atoms with Gasteiger partial charge >= 0.3 is 6.18 Å². The average molecular weight is 345 g/mol. The second-order valence-electron chi connectivity index (χ2n) is 4.78. The zero-order valence-corrected chi connectivity index (χ0v) is 13.4. The van der Waals surface area contributed by atoms with Crippen LogP contribution in [-0.4, -0.2) is 23.0 Å². The van der Waals surface area contributed by atoms with Gasteiger partial charge in [0.05, 0.1) is 11.8 Å². The number of ether oxygens (including phenoxy) is 1. The number of rotatable bonds is 4. The molecule has 0 aliphatic carbocycles. The number of carbonyl (C=O) groups excluding carboxylic acids is 1. The van der Waals surface area contributed by atoms with Crippen molar-refractivity contribution in [2.75, 3.05) is 12.4 Å². The van der Waals surface area contributed by atoms with Crippen molar-refractivity contribution in [3.8, 4) is 0 Å². The molecule has 2 aromatic rings. The van der Waals surface area contributed by atoms with Crippen molar-refractivity contribution in [2.24, 2.45) is 0 Å². The maximum Gasteiger partial charge on any atom is 0.416 e. The highest BCUT2D eigenvalue weighted by molar-refractivity contribution is 7.13. The van der Waals surface area contributed by atoms with E-state index in [4.69, 9.17) is 4.74 Å². The third-order valence-electron chi connectivity index (χ3n) is 3.10. The highest BCUT2D eigenvalue weighted by atomic mass is 32.1. The largest absolute Gasteiger partial charge is 0.416 e. The zero-order valence-electron chi connectivity index (χ0n) is 12.6. The highest BCUT2D eigenvalue weighted by Crippen LogP contribution is 2.32. The number of pyridine rings is 1. The molecule has 0 fully saturated rings. The Balaban J connectivity index is 2.19. The lowest BCUT2D eigenvalue weighted by molar-refractivity contribution is -0.138. The minimum absolute atomic E-state index is 0.00973. The molecule has 1 N–H and O–H groups in total. The molecule has 0 spiro atoms. The maximum atomic E-state index is 12.9. The summed E-state index contributed by atoms with van der Waals surface area (Å²) in [5.74, 6) is -0.732. The van der Waals surface area contributed by atoms with Crippen LogP contribution in [0.2, 0.25) is 0 Å². The molecule has 0 radical (unpaired) electrons. The number of hydrogen-bond acceptors (Lipinski definition) is 5. The van der Waals surface area contributed by atoms with Crippen molar-refractivity contribution >= 4 is 23.1 Å². The third-order valence-corrected chi connectivity index (χ3v) is 4.26. The molecular weight excluding hydrogens is 331 g/mol. The number of thiazole rings is 1. The van der Waals surface area contributed by atoms with Gasteiger partial charge < -0.3 is 10.1 Å². The fraction of sp³-hybridized carbons (Fsp3) is 0.357. The first kappa shape index (κ1) is 17.4. The molecule has 124 valence electrons. The van der Waals surface area contributed by atoms with E-state index in [0.717, 1.165) is 23.6 Å². The molecule has 0 saturated heterocycles. The minimum Gasteiger partial charge on any atom is -0.375 e. The van der Waals surface area contributed by atoms with E-state index >= 15 is 0 Å². The van der Waals surface area contributed by atoms with Gasteiger partial charge in [-0.25, -0.2) is 9.97 Å². The molecule has 9 heteroatoms. The van der Waals surface area contributed by atoms with E-state index in [0.29, 0.717) is 5.01 Å². The number of halogens is 3. The van der Waals surface area contributed by atoms with E-state index in [1.165, 1.54) is 20.2 Å². The number of aryl methyl sites for hydroxylation is 1. The molecule has 2 heterocycles. The Morgan fingerprint density at radius 3 is 2.65 bits per heavy atom. The van der Waals surface area contributed by atoms with Crippen molar-refractivity contribution in [2.45, 2.75) is 26.1 Å². The lowest BCUT2D eigenvalue weighted by atomic mass is 10.1. The lowest BCUT2D eigenvalue weighted by Gasteiger charge is -2.11. The third kappa shape index (κ3) is 4.05. The Morgan fingerprint density at radius 1 is 1.35 bits per heavy atom. The van der Waals surface area contributed by atoms with Gasteiger partial charge in [-0.3, -0.25) is 4.79 Å². The van der Waals surface area contributed by atoms with Crippen LogP contribution in [0, 0.1) is 6.92 Å². The summed E-state index contributed by atoms with van der Waals surface area (Å²) in [6, 6.07) is 0.812. The number of aromatic nitrogens is 2. The average Bonchev–Trinajstić information content (AvgIpc) is 2.97. The summed E-state index contributed by atoms with van der Waals surface area (Å²) in [6.07, 6.45) is -2.35. The summed E-state index contributed by atoms with van der Waals surface area (Å²) >= 11 is 1.11. The maximum absolute atomic E-state index is 12.9. The van der Waals surface area contributed by atoms with Crippen LogP contribution >= 0.6 is 11.3 Å². The smallest absolute Gasteiger partial charge is 0.375 e. The van der Waals surface area contributed by atoms with E-state index in [1.54, 1.807) is 6.92 Å². The molecular formula is C14H14F3N3O2S. The fourth-order valence-electron chi connectivity index (χ4n) is 1.76. The Kier molecular flexibility index (Phi) is 5.00. The van der Waals surface area contributed by atoms with Gasteiger partial charge in [-0.1, -0.05) is 0 Å². The second kappa shape index (κ2) is 6.63. The van der Waals surface area contributed by atoms with Crippen molar-refractivity contribution in [1.29, 1.82) is 0 Å². The SMILES string of the molecule is COC(C)c1ncc(C(=O)Nc2cc(C(F)(F)F)c(C)cn2)s1. The monoisotopic (exact) mass is 345 g/mol. The van der Waals surface area contributed by atoms with Crippen LogP contribution in [0.3, 0.4) is 0 Å². The number of hydrogen-bond donors (Lipinski definition) is 1. The molecule has 0 bridgehead atoms. The predicted molar refractivity (Wildman–Crippen MR) is 79.5 cm³/mol. The van der Waals surface area contributed by atoms with Gasteiger partial charge in [0.1, 0.15) is 21.8 Å². The summed E-state index contributed by atoms with van der Waals surface area (Å²) in [5, 5.41) is 2.95. The van der Waals surface area contributed by atoms with E-state index in [1.807, 2.05) is 0 Å². The summed E-state index contributed by atoms with van der Waals surface area (Å²) in [4.78, 5) is 20.2. The second-order valence-corrected chi connectivity index (χ2v) is 5.84. The van der Waals surface area contributed by atoms with Gasteiger partial charge in [-0.05, 0) is 25.5 Å². The van der Waals surface area contributed by atoms with E-state index < -0.39 is 17.6 Å². The van der Waals surface area contributed by atoms with Gasteiger partial charge in [0.25, 0.3) is 5.91 Å². The standard InChI is InChI=1S/C14H14F3N3O2S/c1-7-5-18-11(4-9(7)14(15,16)17)20-12(21)10-6-19-13(23-10)8(2)22-3/h4-6,8H,1-3H3,(H,18,20,21). The number of amides is 1. The Bertz CT molecular complexity index is 716. The van der Waals surface area contributed by atoms with E-state index in [2.05, 4.69) is 15.3 Å². The minimum atomic E-state index is -4.50. The first-order valence-corrected chi connectivity index (χ1v) is 7.37. The van der Waals surface area contributed by atoms with Crippen molar-refractivity contribution in [1.82, 2.24) is 9.97 Å². The molecule has 1 amide bonds. The van der Waals surface area contributed by atoms with Crippen LogP contribution in [0.1, 0.15) is 38.8 Å². The van der Waals surface area contributed by atoms with Crippen molar-refractivity contribution in [3.05, 3.63) is 39.5 Å². The topological polar surface area (TPSA) is 64.1 Å². The van der Waals surface area contributed by atoms with E-state index in [9.17, 15) is 18.0 Å². The first-order valence-electron chi connectivity index (χ1n) is 6.56. The summed E-state index contributed by atoms with van der Waals surface area (Å²) in [7, 11) is 1.51. The number of nitrogens with one attached hydrogen (secondary N) is 1. The molecule has 0 aromatic carbocycles. The first-order chi connectivity index (χ1) is 10.7. The molecule has 0 saturated carbocycles. The molecule has 1 unspecified atom stereocenters. The molecule has 1 atom stereocenters. The molecule has 0 aliphatic rings.